The number of hydrogen-bond donors (Lipinski definition) is 2. The maximum Gasteiger partial charge on any atom is 0.327 e. The van der Waals surface area contributed by atoms with Crippen molar-refractivity contribution in [2.75, 3.05) is 5.32 Å². The lowest BCUT2D eigenvalue weighted by molar-refractivity contribution is -0.384. The van der Waals surface area contributed by atoms with Crippen molar-refractivity contribution < 1.29 is 14.8 Å². The van der Waals surface area contributed by atoms with Gasteiger partial charge in [-0.2, -0.15) is 0 Å². The van der Waals surface area contributed by atoms with Crippen LogP contribution >= 0.6 is 0 Å². The summed E-state index contributed by atoms with van der Waals surface area (Å²) in [5, 5.41) is 22.7. The molecule has 2 aromatic rings. The van der Waals surface area contributed by atoms with Crippen LogP contribution in [0.4, 0.5) is 11.4 Å². The second-order valence-electron chi connectivity index (χ2n) is 4.89. The van der Waals surface area contributed by atoms with Crippen LogP contribution in [0.5, 0.6) is 0 Å². The minimum Gasteiger partial charge on any atom is -0.478 e. The topological polar surface area (TPSA) is 92.5 Å². The molecule has 2 aromatic carbocycles. The van der Waals surface area contributed by atoms with Gasteiger partial charge in [-0.05, 0) is 24.1 Å². The number of para-hydroxylation sites is 1. The second kappa shape index (κ2) is 7.74. The first-order chi connectivity index (χ1) is 11.1. The molecular formula is C17H16N2O4. The molecule has 0 spiro atoms. The molecule has 0 radical (unpaired) electrons. The van der Waals surface area contributed by atoms with Gasteiger partial charge in [0.25, 0.3) is 5.69 Å². The van der Waals surface area contributed by atoms with E-state index in [1.54, 1.807) is 18.2 Å². The SMILES string of the molecule is O=C(O)/C=C/CC(Nc1ccccc1)c1ccc([N+](=O)[O-])cc1. The van der Waals surface area contributed by atoms with Gasteiger partial charge in [-0.3, -0.25) is 10.1 Å². The van der Waals surface area contributed by atoms with E-state index in [2.05, 4.69) is 5.32 Å². The molecular weight excluding hydrogens is 296 g/mol. The van der Waals surface area contributed by atoms with Crippen molar-refractivity contribution in [3.8, 4) is 0 Å². The zero-order chi connectivity index (χ0) is 16.7. The summed E-state index contributed by atoms with van der Waals surface area (Å²) in [4.78, 5) is 20.9. The van der Waals surface area contributed by atoms with E-state index in [0.717, 1.165) is 17.3 Å². The largest absolute Gasteiger partial charge is 0.478 e. The minimum absolute atomic E-state index is 0.0216. The van der Waals surface area contributed by atoms with Gasteiger partial charge < -0.3 is 10.4 Å². The second-order valence-corrected chi connectivity index (χ2v) is 4.89. The van der Waals surface area contributed by atoms with Crippen LogP contribution in [0.3, 0.4) is 0 Å². The van der Waals surface area contributed by atoms with Gasteiger partial charge in [-0.15, -0.1) is 0 Å². The van der Waals surface area contributed by atoms with Gasteiger partial charge in [-0.25, -0.2) is 4.79 Å². The van der Waals surface area contributed by atoms with Crippen LogP contribution in [0.25, 0.3) is 0 Å². The fourth-order valence-electron chi connectivity index (χ4n) is 2.15. The number of carbonyl (C=O) groups is 1. The van der Waals surface area contributed by atoms with Crippen molar-refractivity contribution in [1.29, 1.82) is 0 Å². The smallest absolute Gasteiger partial charge is 0.327 e. The molecule has 0 saturated heterocycles. The molecule has 0 heterocycles. The third-order valence-corrected chi connectivity index (χ3v) is 3.25. The Morgan fingerprint density at radius 1 is 1.17 bits per heavy atom. The summed E-state index contributed by atoms with van der Waals surface area (Å²) in [6.45, 7) is 0. The fourth-order valence-corrected chi connectivity index (χ4v) is 2.15. The van der Waals surface area contributed by atoms with Crippen LogP contribution in [0, 0.1) is 10.1 Å². The molecule has 0 aliphatic rings. The highest BCUT2D eigenvalue weighted by molar-refractivity contribution is 5.79. The first-order valence-electron chi connectivity index (χ1n) is 7.01. The van der Waals surface area contributed by atoms with Crippen molar-refractivity contribution in [3.05, 3.63) is 82.4 Å². The van der Waals surface area contributed by atoms with Crippen LogP contribution in [-0.4, -0.2) is 16.0 Å². The van der Waals surface area contributed by atoms with E-state index in [1.807, 2.05) is 30.3 Å². The lowest BCUT2D eigenvalue weighted by Crippen LogP contribution is -2.10. The summed E-state index contributed by atoms with van der Waals surface area (Å²) in [5.74, 6) is -1.01. The van der Waals surface area contributed by atoms with E-state index in [4.69, 9.17) is 5.11 Å². The molecule has 118 valence electrons. The molecule has 0 aliphatic carbocycles. The third-order valence-electron chi connectivity index (χ3n) is 3.25. The number of nitro benzene ring substituents is 1. The molecule has 23 heavy (non-hydrogen) atoms. The summed E-state index contributed by atoms with van der Waals surface area (Å²) in [7, 11) is 0. The van der Waals surface area contributed by atoms with Gasteiger partial charge >= 0.3 is 5.97 Å². The molecule has 0 amide bonds. The van der Waals surface area contributed by atoms with E-state index in [9.17, 15) is 14.9 Å². The lowest BCUT2D eigenvalue weighted by atomic mass is 10.0. The van der Waals surface area contributed by atoms with Gasteiger partial charge in [0.1, 0.15) is 0 Å². The quantitative estimate of drug-likeness (QED) is 0.461. The summed E-state index contributed by atoms with van der Waals surface area (Å²) in [5.41, 5.74) is 1.75. The van der Waals surface area contributed by atoms with Crippen LogP contribution < -0.4 is 5.32 Å². The zero-order valence-corrected chi connectivity index (χ0v) is 12.3. The van der Waals surface area contributed by atoms with Crippen molar-refractivity contribution in [2.45, 2.75) is 12.5 Å². The number of hydrogen-bond acceptors (Lipinski definition) is 4. The molecule has 0 aliphatic heterocycles. The highest BCUT2D eigenvalue weighted by Gasteiger charge is 2.12. The third kappa shape index (κ3) is 4.96. The summed E-state index contributed by atoms with van der Waals surface area (Å²) in [6.07, 6.45) is 3.09. The van der Waals surface area contributed by atoms with Crippen LogP contribution in [0.2, 0.25) is 0 Å². The van der Waals surface area contributed by atoms with Crippen molar-refractivity contribution >= 4 is 17.3 Å². The van der Waals surface area contributed by atoms with E-state index < -0.39 is 10.9 Å². The molecule has 0 aromatic heterocycles. The normalized spacial score (nSPS) is 12.0. The zero-order valence-electron chi connectivity index (χ0n) is 12.3. The number of nitro groups is 1. The number of carboxylic acids is 1. The first-order valence-corrected chi connectivity index (χ1v) is 7.01. The Kier molecular flexibility index (Phi) is 5.46. The number of benzene rings is 2. The van der Waals surface area contributed by atoms with Crippen LogP contribution in [-0.2, 0) is 4.79 Å². The van der Waals surface area contributed by atoms with E-state index >= 15 is 0 Å². The highest BCUT2D eigenvalue weighted by atomic mass is 16.6. The minimum atomic E-state index is -1.01. The van der Waals surface area contributed by atoms with Crippen LogP contribution in [0.15, 0.2) is 66.7 Å². The number of nitrogens with one attached hydrogen (secondary N) is 1. The number of non-ortho nitro benzene ring substituents is 1. The average Bonchev–Trinajstić information content (AvgIpc) is 2.54. The van der Waals surface area contributed by atoms with E-state index in [0.29, 0.717) is 6.42 Å². The average molecular weight is 312 g/mol. The summed E-state index contributed by atoms with van der Waals surface area (Å²) >= 11 is 0. The fraction of sp³-hybridized carbons (Fsp3) is 0.118. The number of anilines is 1. The molecule has 2 N–H and O–H groups in total. The first kappa shape index (κ1) is 16.2. The maximum absolute atomic E-state index is 10.7. The Bertz CT molecular complexity index is 696. The molecule has 1 atom stereocenters. The Labute approximate surface area is 133 Å². The van der Waals surface area contributed by atoms with E-state index in [1.165, 1.54) is 12.1 Å². The Balaban J connectivity index is 2.21. The van der Waals surface area contributed by atoms with Crippen LogP contribution in [0.1, 0.15) is 18.0 Å². The number of carboxylic acid groups (broad SMARTS) is 1. The van der Waals surface area contributed by atoms with Crippen molar-refractivity contribution in [1.82, 2.24) is 0 Å². The standard InChI is InChI=1S/C17H16N2O4/c20-17(21)8-4-7-16(18-14-5-2-1-3-6-14)13-9-11-15(12-10-13)19(22)23/h1-6,8-12,16,18H,7H2,(H,20,21)/b8-4+. The molecule has 6 nitrogen and oxygen atoms in total. The predicted octanol–water partition coefficient (Wildman–Crippen LogP) is 3.78. The lowest BCUT2D eigenvalue weighted by Gasteiger charge is -2.19. The van der Waals surface area contributed by atoms with Gasteiger partial charge in [0.15, 0.2) is 0 Å². The Hall–Kier alpha value is -3.15. The number of nitrogens with zero attached hydrogens (tertiary/aromatic N) is 1. The molecule has 0 bridgehead atoms. The Morgan fingerprint density at radius 3 is 2.39 bits per heavy atom. The molecule has 1 unspecified atom stereocenters. The molecule has 2 rings (SSSR count). The van der Waals surface area contributed by atoms with E-state index in [-0.39, 0.29) is 11.7 Å². The van der Waals surface area contributed by atoms with Gasteiger partial charge in [0.2, 0.25) is 0 Å². The maximum atomic E-state index is 10.7. The van der Waals surface area contributed by atoms with Crippen molar-refractivity contribution in [2.24, 2.45) is 0 Å². The summed E-state index contributed by atoms with van der Waals surface area (Å²) in [6, 6.07) is 15.5. The molecule has 0 saturated carbocycles. The monoisotopic (exact) mass is 312 g/mol. The predicted molar refractivity (Wildman–Crippen MR) is 87.3 cm³/mol. The number of rotatable bonds is 7. The molecule has 0 fully saturated rings. The highest BCUT2D eigenvalue weighted by Crippen LogP contribution is 2.25. The van der Waals surface area contributed by atoms with Gasteiger partial charge in [-0.1, -0.05) is 36.4 Å². The van der Waals surface area contributed by atoms with Gasteiger partial charge in [0, 0.05) is 23.9 Å². The van der Waals surface area contributed by atoms with Gasteiger partial charge in [0.05, 0.1) is 11.0 Å². The van der Waals surface area contributed by atoms with Crippen molar-refractivity contribution in [3.63, 3.8) is 0 Å². The summed E-state index contributed by atoms with van der Waals surface area (Å²) < 4.78 is 0. The molecule has 6 heteroatoms. The number of aliphatic carboxylic acids is 1. The Morgan fingerprint density at radius 2 is 1.83 bits per heavy atom.